The Labute approximate surface area is 126 Å². The predicted octanol–water partition coefficient (Wildman–Crippen LogP) is 3.21. The van der Waals surface area contributed by atoms with Gasteiger partial charge in [0, 0.05) is 23.6 Å². The van der Waals surface area contributed by atoms with Crippen LogP contribution < -0.4 is 5.32 Å². The molecule has 0 saturated heterocycles. The van der Waals surface area contributed by atoms with Gasteiger partial charge in [-0.2, -0.15) is 0 Å². The van der Waals surface area contributed by atoms with Crippen LogP contribution in [-0.4, -0.2) is 24.2 Å². The molecular formula is C16H24ClNO2. The van der Waals surface area contributed by atoms with Gasteiger partial charge in [0.25, 0.3) is 0 Å². The van der Waals surface area contributed by atoms with Crippen molar-refractivity contribution < 1.29 is 9.90 Å². The Morgan fingerprint density at radius 2 is 1.85 bits per heavy atom. The van der Waals surface area contributed by atoms with Gasteiger partial charge >= 0.3 is 0 Å². The number of carbonyl (C=O) groups excluding carboxylic acids is 1. The van der Waals surface area contributed by atoms with Crippen LogP contribution in [0.4, 0.5) is 0 Å². The standard InChI is InChI=1S/C16H24ClNO2/c1-11(2)14(12-5-7-13(17)8-6-12)15(20)18-9-16(3,4)10-19/h5-8,11,14,19H,9-10H2,1-4H3,(H,18,20). The monoisotopic (exact) mass is 297 g/mol. The first-order valence-electron chi connectivity index (χ1n) is 6.91. The molecule has 1 aromatic rings. The van der Waals surface area contributed by atoms with Crippen LogP contribution in [0.25, 0.3) is 0 Å². The molecule has 20 heavy (non-hydrogen) atoms. The summed E-state index contributed by atoms with van der Waals surface area (Å²) >= 11 is 5.89. The normalized spacial score (nSPS) is 13.3. The second-order valence-electron chi connectivity index (χ2n) is 6.31. The van der Waals surface area contributed by atoms with Crippen LogP contribution in [0.5, 0.6) is 0 Å². The number of benzene rings is 1. The maximum atomic E-state index is 12.4. The first-order chi connectivity index (χ1) is 9.26. The van der Waals surface area contributed by atoms with Crippen molar-refractivity contribution in [3.05, 3.63) is 34.9 Å². The molecule has 1 rings (SSSR count). The van der Waals surface area contributed by atoms with Gasteiger partial charge in [0.1, 0.15) is 0 Å². The first-order valence-corrected chi connectivity index (χ1v) is 7.28. The molecule has 1 aromatic carbocycles. The van der Waals surface area contributed by atoms with Crippen molar-refractivity contribution in [2.75, 3.05) is 13.2 Å². The Bertz CT molecular complexity index is 440. The fourth-order valence-electron chi connectivity index (χ4n) is 2.00. The van der Waals surface area contributed by atoms with Gasteiger partial charge in [-0.15, -0.1) is 0 Å². The Hall–Kier alpha value is -1.06. The molecular weight excluding hydrogens is 274 g/mol. The number of carbonyl (C=O) groups is 1. The number of aliphatic hydroxyl groups is 1. The molecule has 0 aliphatic carbocycles. The molecule has 0 aliphatic rings. The molecule has 0 aromatic heterocycles. The van der Waals surface area contributed by atoms with Gasteiger partial charge in [-0.1, -0.05) is 51.4 Å². The average Bonchev–Trinajstić information content (AvgIpc) is 2.39. The number of nitrogens with one attached hydrogen (secondary N) is 1. The quantitative estimate of drug-likeness (QED) is 0.847. The van der Waals surface area contributed by atoms with Crippen LogP contribution in [-0.2, 0) is 4.79 Å². The summed E-state index contributed by atoms with van der Waals surface area (Å²) in [4.78, 5) is 12.4. The van der Waals surface area contributed by atoms with E-state index in [9.17, 15) is 9.90 Å². The summed E-state index contributed by atoms with van der Waals surface area (Å²) in [6.45, 7) is 8.38. The third-order valence-corrected chi connectivity index (χ3v) is 3.60. The highest BCUT2D eigenvalue weighted by atomic mass is 35.5. The molecule has 1 amide bonds. The molecule has 0 radical (unpaired) electrons. The van der Waals surface area contributed by atoms with E-state index in [1.807, 2.05) is 39.8 Å². The van der Waals surface area contributed by atoms with Crippen LogP contribution in [0, 0.1) is 11.3 Å². The summed E-state index contributed by atoms with van der Waals surface area (Å²) in [6.07, 6.45) is 0. The summed E-state index contributed by atoms with van der Waals surface area (Å²) in [5.74, 6) is -0.0287. The molecule has 1 atom stereocenters. The largest absolute Gasteiger partial charge is 0.396 e. The van der Waals surface area contributed by atoms with E-state index in [4.69, 9.17) is 11.6 Å². The lowest BCUT2D eigenvalue weighted by atomic mass is 9.87. The molecule has 1 unspecified atom stereocenters. The molecule has 112 valence electrons. The fourth-order valence-corrected chi connectivity index (χ4v) is 2.13. The second-order valence-corrected chi connectivity index (χ2v) is 6.75. The molecule has 0 aliphatic heterocycles. The molecule has 4 heteroatoms. The van der Waals surface area contributed by atoms with Crippen molar-refractivity contribution in [2.24, 2.45) is 11.3 Å². The number of hydrogen-bond donors (Lipinski definition) is 2. The van der Waals surface area contributed by atoms with Crippen LogP contribution >= 0.6 is 11.6 Å². The Morgan fingerprint density at radius 1 is 1.30 bits per heavy atom. The minimum Gasteiger partial charge on any atom is -0.396 e. The van der Waals surface area contributed by atoms with Crippen molar-refractivity contribution >= 4 is 17.5 Å². The maximum Gasteiger partial charge on any atom is 0.227 e. The zero-order chi connectivity index (χ0) is 15.3. The highest BCUT2D eigenvalue weighted by molar-refractivity contribution is 6.30. The lowest BCUT2D eigenvalue weighted by molar-refractivity contribution is -0.124. The van der Waals surface area contributed by atoms with E-state index in [0.717, 1.165) is 5.56 Å². The van der Waals surface area contributed by atoms with Crippen LogP contribution in [0.1, 0.15) is 39.2 Å². The van der Waals surface area contributed by atoms with Crippen LogP contribution in [0.2, 0.25) is 5.02 Å². The van der Waals surface area contributed by atoms with E-state index < -0.39 is 0 Å². The second kappa shape index (κ2) is 7.09. The zero-order valence-corrected chi connectivity index (χ0v) is 13.4. The van der Waals surface area contributed by atoms with Gasteiger partial charge in [0.15, 0.2) is 0 Å². The van der Waals surface area contributed by atoms with Gasteiger partial charge in [-0.25, -0.2) is 0 Å². The molecule has 0 bridgehead atoms. The Kier molecular flexibility index (Phi) is 6.03. The minimum atomic E-state index is -0.308. The van der Waals surface area contributed by atoms with E-state index in [1.54, 1.807) is 12.1 Å². The number of halogens is 1. The van der Waals surface area contributed by atoms with Gasteiger partial charge < -0.3 is 10.4 Å². The van der Waals surface area contributed by atoms with Crippen LogP contribution in [0.3, 0.4) is 0 Å². The Morgan fingerprint density at radius 3 is 2.30 bits per heavy atom. The summed E-state index contributed by atoms with van der Waals surface area (Å²) in [5, 5.41) is 12.8. The predicted molar refractivity (Wildman–Crippen MR) is 82.9 cm³/mol. The highest BCUT2D eigenvalue weighted by Gasteiger charge is 2.26. The lowest BCUT2D eigenvalue weighted by Gasteiger charge is -2.26. The van der Waals surface area contributed by atoms with Crippen molar-refractivity contribution in [3.63, 3.8) is 0 Å². The smallest absolute Gasteiger partial charge is 0.227 e. The lowest BCUT2D eigenvalue weighted by Crippen LogP contribution is -2.39. The summed E-state index contributed by atoms with van der Waals surface area (Å²) in [5.41, 5.74) is 0.653. The van der Waals surface area contributed by atoms with E-state index in [-0.39, 0.29) is 29.8 Å². The third-order valence-electron chi connectivity index (χ3n) is 3.35. The van der Waals surface area contributed by atoms with Crippen molar-refractivity contribution in [3.8, 4) is 0 Å². The summed E-state index contributed by atoms with van der Waals surface area (Å²) in [7, 11) is 0. The third kappa shape index (κ3) is 4.80. The van der Waals surface area contributed by atoms with Gasteiger partial charge in [-0.3, -0.25) is 4.79 Å². The SMILES string of the molecule is CC(C)C(C(=O)NCC(C)(C)CO)c1ccc(Cl)cc1. The van der Waals surface area contributed by atoms with Gasteiger partial charge in [0.05, 0.1) is 5.92 Å². The topological polar surface area (TPSA) is 49.3 Å². The number of hydrogen-bond acceptors (Lipinski definition) is 2. The summed E-state index contributed by atoms with van der Waals surface area (Å²) in [6, 6.07) is 7.39. The number of rotatable bonds is 6. The van der Waals surface area contributed by atoms with Crippen LogP contribution in [0.15, 0.2) is 24.3 Å². The van der Waals surface area contributed by atoms with Gasteiger partial charge in [-0.05, 0) is 23.6 Å². The minimum absolute atomic E-state index is 0.0103. The van der Waals surface area contributed by atoms with E-state index in [1.165, 1.54) is 0 Å². The molecule has 3 nitrogen and oxygen atoms in total. The number of aliphatic hydroxyl groups excluding tert-OH is 1. The van der Waals surface area contributed by atoms with Crippen molar-refractivity contribution in [2.45, 2.75) is 33.6 Å². The van der Waals surface area contributed by atoms with E-state index >= 15 is 0 Å². The van der Waals surface area contributed by atoms with Gasteiger partial charge in [0.2, 0.25) is 5.91 Å². The fraction of sp³-hybridized carbons (Fsp3) is 0.562. The Balaban J connectivity index is 2.81. The van der Waals surface area contributed by atoms with E-state index in [2.05, 4.69) is 5.32 Å². The maximum absolute atomic E-state index is 12.4. The highest BCUT2D eigenvalue weighted by Crippen LogP contribution is 2.26. The summed E-state index contributed by atoms with van der Waals surface area (Å²) < 4.78 is 0. The average molecular weight is 298 g/mol. The molecule has 0 fully saturated rings. The molecule has 0 spiro atoms. The molecule has 2 N–H and O–H groups in total. The van der Waals surface area contributed by atoms with Crippen molar-refractivity contribution in [1.82, 2.24) is 5.32 Å². The molecule has 0 heterocycles. The first kappa shape index (κ1) is 17.0. The number of amides is 1. The molecule has 0 saturated carbocycles. The van der Waals surface area contributed by atoms with Crippen molar-refractivity contribution in [1.29, 1.82) is 0 Å². The zero-order valence-electron chi connectivity index (χ0n) is 12.6. The van der Waals surface area contributed by atoms with E-state index in [0.29, 0.717) is 11.6 Å².